The predicted molar refractivity (Wildman–Crippen MR) is 61.8 cm³/mol. The zero-order chi connectivity index (χ0) is 14.3. The van der Waals surface area contributed by atoms with E-state index in [0.717, 1.165) is 6.54 Å². The van der Waals surface area contributed by atoms with Crippen molar-refractivity contribution in [1.82, 2.24) is 15.5 Å². The van der Waals surface area contributed by atoms with Gasteiger partial charge < -0.3 is 19.8 Å². The Morgan fingerprint density at radius 2 is 2.11 bits per heavy atom. The highest BCUT2D eigenvalue weighted by atomic mass is 19.4. The van der Waals surface area contributed by atoms with Crippen molar-refractivity contribution in [2.45, 2.75) is 26.1 Å². The first-order valence-electron chi connectivity index (χ1n) is 5.87. The van der Waals surface area contributed by atoms with E-state index in [-0.39, 0.29) is 25.2 Å². The molecule has 0 saturated heterocycles. The Bertz CT molecular complexity index is 370. The van der Waals surface area contributed by atoms with Gasteiger partial charge in [0.25, 0.3) is 0 Å². The zero-order valence-electron chi connectivity index (χ0n) is 10.8. The maximum atomic E-state index is 11.8. The molecule has 0 saturated carbocycles. The molecule has 1 unspecified atom stereocenters. The van der Waals surface area contributed by atoms with Crippen LogP contribution in [0.4, 0.5) is 19.2 Å². The van der Waals surface area contributed by atoms with Crippen LogP contribution in [0.5, 0.6) is 0 Å². The molecule has 19 heavy (non-hydrogen) atoms. The van der Waals surface area contributed by atoms with E-state index in [4.69, 9.17) is 4.42 Å². The first-order valence-corrected chi connectivity index (χ1v) is 5.87. The number of nitrogens with one attached hydrogen (secondary N) is 2. The standard InChI is InChI=1S/C10H17F3N4O2/c1-3-14-7(2)8-16-17-9(19-8)15-4-5-18-6-10(11,12)13/h7,14H,3-6H2,1-2H3,(H,15,17). The van der Waals surface area contributed by atoms with Crippen LogP contribution in [0.25, 0.3) is 0 Å². The predicted octanol–water partition coefficient (Wildman–Crippen LogP) is 1.73. The van der Waals surface area contributed by atoms with Gasteiger partial charge in [0.1, 0.15) is 6.61 Å². The number of aromatic nitrogens is 2. The molecule has 2 N–H and O–H groups in total. The van der Waals surface area contributed by atoms with Crippen LogP contribution in [0.1, 0.15) is 25.8 Å². The molecule has 0 fully saturated rings. The third-order valence-corrected chi connectivity index (χ3v) is 2.11. The molecule has 110 valence electrons. The van der Waals surface area contributed by atoms with Crippen LogP contribution >= 0.6 is 0 Å². The second-order valence-corrected chi connectivity index (χ2v) is 3.82. The van der Waals surface area contributed by atoms with Crippen molar-refractivity contribution in [2.24, 2.45) is 0 Å². The Morgan fingerprint density at radius 1 is 1.37 bits per heavy atom. The van der Waals surface area contributed by atoms with Crippen LogP contribution in [0, 0.1) is 0 Å². The van der Waals surface area contributed by atoms with Gasteiger partial charge in [-0.15, -0.1) is 5.10 Å². The van der Waals surface area contributed by atoms with Crippen LogP contribution in [0.3, 0.4) is 0 Å². The summed E-state index contributed by atoms with van der Waals surface area (Å²) in [6.45, 7) is 3.38. The van der Waals surface area contributed by atoms with E-state index in [1.807, 2.05) is 13.8 Å². The summed E-state index contributed by atoms with van der Waals surface area (Å²) in [7, 11) is 0. The third-order valence-electron chi connectivity index (χ3n) is 2.11. The second kappa shape index (κ2) is 7.29. The number of alkyl halides is 3. The van der Waals surface area contributed by atoms with Crippen molar-refractivity contribution in [2.75, 3.05) is 31.6 Å². The van der Waals surface area contributed by atoms with Gasteiger partial charge in [0.15, 0.2) is 0 Å². The van der Waals surface area contributed by atoms with Crippen molar-refractivity contribution in [3.63, 3.8) is 0 Å². The minimum atomic E-state index is -4.31. The summed E-state index contributed by atoms with van der Waals surface area (Å²) in [5.41, 5.74) is 0. The van der Waals surface area contributed by atoms with Gasteiger partial charge in [0.2, 0.25) is 5.89 Å². The Labute approximate surface area is 108 Å². The number of ether oxygens (including phenoxy) is 1. The van der Waals surface area contributed by atoms with Gasteiger partial charge in [-0.1, -0.05) is 12.0 Å². The molecule has 0 amide bonds. The second-order valence-electron chi connectivity index (χ2n) is 3.82. The lowest BCUT2D eigenvalue weighted by Gasteiger charge is -2.07. The topological polar surface area (TPSA) is 72.2 Å². The molecule has 0 spiro atoms. The smallest absolute Gasteiger partial charge is 0.406 e. The van der Waals surface area contributed by atoms with Gasteiger partial charge in [0.05, 0.1) is 12.6 Å². The van der Waals surface area contributed by atoms with Crippen molar-refractivity contribution in [1.29, 1.82) is 0 Å². The molecule has 6 nitrogen and oxygen atoms in total. The molecule has 0 aliphatic carbocycles. The van der Waals surface area contributed by atoms with Crippen LogP contribution < -0.4 is 10.6 Å². The average molecular weight is 282 g/mol. The minimum Gasteiger partial charge on any atom is -0.406 e. The van der Waals surface area contributed by atoms with E-state index >= 15 is 0 Å². The number of rotatable bonds is 8. The molecule has 1 aromatic heterocycles. The summed E-state index contributed by atoms with van der Waals surface area (Å²) < 4.78 is 45.0. The van der Waals surface area contributed by atoms with Crippen molar-refractivity contribution in [3.05, 3.63) is 5.89 Å². The highest BCUT2D eigenvalue weighted by Gasteiger charge is 2.27. The molecule has 0 bridgehead atoms. The quantitative estimate of drug-likeness (QED) is 0.707. The highest BCUT2D eigenvalue weighted by Crippen LogP contribution is 2.15. The van der Waals surface area contributed by atoms with Crippen molar-refractivity contribution >= 4 is 6.01 Å². The third kappa shape index (κ3) is 6.39. The Morgan fingerprint density at radius 3 is 2.74 bits per heavy atom. The van der Waals surface area contributed by atoms with Gasteiger partial charge in [-0.25, -0.2) is 0 Å². The van der Waals surface area contributed by atoms with Gasteiger partial charge in [0, 0.05) is 6.54 Å². The van der Waals surface area contributed by atoms with Gasteiger partial charge in [-0.3, -0.25) is 0 Å². The normalized spacial score (nSPS) is 13.5. The van der Waals surface area contributed by atoms with Crippen LogP contribution in [0.2, 0.25) is 0 Å². The van der Waals surface area contributed by atoms with Crippen LogP contribution in [-0.4, -0.2) is 42.7 Å². The molecular weight excluding hydrogens is 265 g/mol. The Balaban J connectivity index is 2.23. The zero-order valence-corrected chi connectivity index (χ0v) is 10.8. The fraction of sp³-hybridized carbons (Fsp3) is 0.800. The summed E-state index contributed by atoms with van der Waals surface area (Å²) in [6, 6.07) is 0.0879. The number of halogens is 3. The van der Waals surface area contributed by atoms with E-state index < -0.39 is 12.8 Å². The lowest BCUT2D eigenvalue weighted by molar-refractivity contribution is -0.172. The number of anilines is 1. The van der Waals surface area contributed by atoms with E-state index in [1.165, 1.54) is 0 Å². The molecular formula is C10H17F3N4O2. The molecule has 0 aromatic carbocycles. The Kier molecular flexibility index (Phi) is 6.03. The van der Waals surface area contributed by atoms with E-state index in [9.17, 15) is 13.2 Å². The van der Waals surface area contributed by atoms with Crippen LogP contribution in [0.15, 0.2) is 4.42 Å². The number of hydrogen-bond acceptors (Lipinski definition) is 6. The van der Waals surface area contributed by atoms with Crippen molar-refractivity contribution < 1.29 is 22.3 Å². The summed E-state index contributed by atoms with van der Waals surface area (Å²) in [5, 5.41) is 13.3. The van der Waals surface area contributed by atoms with E-state index in [1.54, 1.807) is 0 Å². The lowest BCUT2D eigenvalue weighted by atomic mass is 10.3. The first kappa shape index (κ1) is 15.7. The molecule has 1 aromatic rings. The highest BCUT2D eigenvalue weighted by molar-refractivity contribution is 5.16. The summed E-state index contributed by atoms with van der Waals surface area (Å²) >= 11 is 0. The van der Waals surface area contributed by atoms with Crippen molar-refractivity contribution in [3.8, 4) is 0 Å². The van der Waals surface area contributed by atoms with Crippen LogP contribution in [-0.2, 0) is 4.74 Å². The fourth-order valence-corrected chi connectivity index (χ4v) is 1.29. The summed E-state index contributed by atoms with van der Waals surface area (Å²) in [5.74, 6) is 0.417. The SMILES string of the molecule is CCNC(C)c1nnc(NCCOCC(F)(F)F)o1. The van der Waals surface area contributed by atoms with Gasteiger partial charge in [-0.2, -0.15) is 13.2 Å². The fourth-order valence-electron chi connectivity index (χ4n) is 1.29. The molecule has 0 aliphatic rings. The summed E-state index contributed by atoms with van der Waals surface area (Å²) in [4.78, 5) is 0. The maximum absolute atomic E-state index is 11.8. The van der Waals surface area contributed by atoms with E-state index in [0.29, 0.717) is 5.89 Å². The number of nitrogens with zero attached hydrogens (tertiary/aromatic N) is 2. The molecule has 0 aliphatic heterocycles. The number of hydrogen-bond donors (Lipinski definition) is 2. The summed E-state index contributed by atoms with van der Waals surface area (Å²) in [6.07, 6.45) is -4.31. The maximum Gasteiger partial charge on any atom is 0.411 e. The molecule has 0 radical (unpaired) electrons. The molecule has 1 rings (SSSR count). The molecule has 1 atom stereocenters. The largest absolute Gasteiger partial charge is 0.411 e. The Hall–Kier alpha value is -1.35. The lowest BCUT2D eigenvalue weighted by Crippen LogP contribution is -2.20. The minimum absolute atomic E-state index is 0.0745. The monoisotopic (exact) mass is 282 g/mol. The molecule has 9 heteroatoms. The van der Waals surface area contributed by atoms with Gasteiger partial charge in [-0.05, 0) is 13.5 Å². The molecule has 1 heterocycles. The van der Waals surface area contributed by atoms with E-state index in [2.05, 4.69) is 25.6 Å². The first-order chi connectivity index (χ1) is 8.92. The van der Waals surface area contributed by atoms with Gasteiger partial charge >= 0.3 is 12.2 Å². The average Bonchev–Trinajstić information content (AvgIpc) is 2.76.